The van der Waals surface area contributed by atoms with Gasteiger partial charge in [-0.3, -0.25) is 4.90 Å². The van der Waals surface area contributed by atoms with Gasteiger partial charge in [0.1, 0.15) is 0 Å². The molecule has 18 heavy (non-hydrogen) atoms. The number of hydrogen-bond donors (Lipinski definition) is 1. The van der Waals surface area contributed by atoms with Crippen LogP contribution in [-0.4, -0.2) is 75.8 Å². The zero-order valence-corrected chi connectivity index (χ0v) is 11.6. The first-order chi connectivity index (χ1) is 8.75. The number of morpholine rings is 1. The van der Waals surface area contributed by atoms with E-state index in [1.54, 1.807) is 0 Å². The Labute approximate surface area is 110 Å². The van der Waals surface area contributed by atoms with Crippen LogP contribution in [0.1, 0.15) is 13.8 Å². The highest BCUT2D eigenvalue weighted by atomic mass is 16.6. The second-order valence-electron chi connectivity index (χ2n) is 5.31. The number of hydrogen-bond acceptors (Lipinski definition) is 5. The smallest absolute Gasteiger partial charge is 0.0933 e. The normalized spacial score (nSPS) is 30.8. The molecule has 0 aromatic heterocycles. The second-order valence-corrected chi connectivity index (χ2v) is 5.31. The molecule has 2 unspecified atom stereocenters. The van der Waals surface area contributed by atoms with Gasteiger partial charge in [-0.05, 0) is 13.8 Å². The summed E-state index contributed by atoms with van der Waals surface area (Å²) in [6, 6.07) is 0.603. The summed E-state index contributed by atoms with van der Waals surface area (Å²) in [6.07, 6.45) is 0.495. The fraction of sp³-hybridized carbons (Fsp3) is 1.00. The van der Waals surface area contributed by atoms with E-state index in [1.165, 1.54) is 0 Å². The van der Waals surface area contributed by atoms with Crippen LogP contribution in [0.5, 0.6) is 0 Å². The predicted molar refractivity (Wildman–Crippen MR) is 69.9 cm³/mol. The molecule has 2 aliphatic rings. The molecule has 1 N–H and O–H groups in total. The van der Waals surface area contributed by atoms with Crippen LogP contribution in [0.3, 0.4) is 0 Å². The molecule has 2 fully saturated rings. The van der Waals surface area contributed by atoms with Gasteiger partial charge in [-0.1, -0.05) is 0 Å². The third kappa shape index (κ3) is 4.48. The minimum atomic E-state index is 0.198. The van der Waals surface area contributed by atoms with Gasteiger partial charge in [0.05, 0.1) is 38.6 Å². The van der Waals surface area contributed by atoms with Crippen LogP contribution >= 0.6 is 0 Å². The first kappa shape index (κ1) is 14.2. The summed E-state index contributed by atoms with van der Waals surface area (Å²) >= 11 is 0. The highest BCUT2D eigenvalue weighted by Gasteiger charge is 2.22. The van der Waals surface area contributed by atoms with E-state index in [9.17, 15) is 0 Å². The number of nitrogens with zero attached hydrogens (tertiary/aromatic N) is 1. The standard InChI is InChI=1S/C13H26N2O3/c1-11(2)15-3-4-17-12(9-15)7-14-8-13-10-16-5-6-18-13/h11-14H,3-10H2,1-2H3. The molecule has 0 saturated carbocycles. The Hall–Kier alpha value is -0.200. The minimum Gasteiger partial charge on any atom is -0.376 e. The van der Waals surface area contributed by atoms with Crippen LogP contribution < -0.4 is 5.32 Å². The van der Waals surface area contributed by atoms with Crippen molar-refractivity contribution in [1.29, 1.82) is 0 Å². The molecular weight excluding hydrogens is 232 g/mol. The fourth-order valence-electron chi connectivity index (χ4n) is 2.39. The van der Waals surface area contributed by atoms with Crippen molar-refractivity contribution in [1.82, 2.24) is 10.2 Å². The number of rotatable bonds is 5. The molecule has 2 aliphatic heterocycles. The van der Waals surface area contributed by atoms with Crippen LogP contribution in [0.15, 0.2) is 0 Å². The maximum absolute atomic E-state index is 5.77. The lowest BCUT2D eigenvalue weighted by atomic mass is 10.2. The van der Waals surface area contributed by atoms with E-state index < -0.39 is 0 Å². The van der Waals surface area contributed by atoms with Crippen LogP contribution in [0.4, 0.5) is 0 Å². The lowest BCUT2D eigenvalue weighted by molar-refractivity contribution is -0.0885. The quantitative estimate of drug-likeness (QED) is 0.758. The molecule has 106 valence electrons. The molecule has 2 atom stereocenters. The highest BCUT2D eigenvalue weighted by Crippen LogP contribution is 2.08. The van der Waals surface area contributed by atoms with Crippen LogP contribution in [0, 0.1) is 0 Å². The molecule has 0 aromatic carbocycles. The highest BCUT2D eigenvalue weighted by molar-refractivity contribution is 4.76. The van der Waals surface area contributed by atoms with Gasteiger partial charge in [-0.15, -0.1) is 0 Å². The van der Waals surface area contributed by atoms with Crippen molar-refractivity contribution in [2.45, 2.75) is 32.1 Å². The van der Waals surface area contributed by atoms with Crippen molar-refractivity contribution in [2.24, 2.45) is 0 Å². The molecule has 0 aliphatic carbocycles. The lowest BCUT2D eigenvalue weighted by Gasteiger charge is -2.35. The van der Waals surface area contributed by atoms with Gasteiger partial charge in [0.2, 0.25) is 0 Å². The van der Waals surface area contributed by atoms with Crippen molar-refractivity contribution in [3.63, 3.8) is 0 Å². The third-order valence-electron chi connectivity index (χ3n) is 3.53. The van der Waals surface area contributed by atoms with Crippen LogP contribution in [0.25, 0.3) is 0 Å². The van der Waals surface area contributed by atoms with E-state index in [-0.39, 0.29) is 6.10 Å². The molecule has 2 saturated heterocycles. The van der Waals surface area contributed by atoms with Crippen molar-refractivity contribution in [3.8, 4) is 0 Å². The Morgan fingerprint density at radius 1 is 1.11 bits per heavy atom. The van der Waals surface area contributed by atoms with Gasteiger partial charge < -0.3 is 19.5 Å². The molecule has 0 spiro atoms. The minimum absolute atomic E-state index is 0.198. The monoisotopic (exact) mass is 258 g/mol. The molecule has 5 nitrogen and oxygen atoms in total. The lowest BCUT2D eigenvalue weighted by Crippen LogP contribution is -2.50. The summed E-state index contributed by atoms with van der Waals surface area (Å²) in [5.74, 6) is 0. The molecule has 2 rings (SSSR count). The summed E-state index contributed by atoms with van der Waals surface area (Å²) < 4.78 is 16.7. The van der Waals surface area contributed by atoms with Crippen molar-refractivity contribution >= 4 is 0 Å². The van der Waals surface area contributed by atoms with Gasteiger partial charge in [-0.2, -0.15) is 0 Å². The molecule has 0 amide bonds. The topological polar surface area (TPSA) is 43.0 Å². The molecule has 2 heterocycles. The summed E-state index contributed by atoms with van der Waals surface area (Å²) in [7, 11) is 0. The zero-order valence-electron chi connectivity index (χ0n) is 11.6. The van der Waals surface area contributed by atoms with Gasteiger partial charge >= 0.3 is 0 Å². The average Bonchev–Trinajstić information content (AvgIpc) is 2.40. The van der Waals surface area contributed by atoms with Crippen molar-refractivity contribution < 1.29 is 14.2 Å². The fourth-order valence-corrected chi connectivity index (χ4v) is 2.39. The number of nitrogens with one attached hydrogen (secondary N) is 1. The van der Waals surface area contributed by atoms with Gasteiger partial charge in [0.15, 0.2) is 0 Å². The molecule has 0 radical (unpaired) electrons. The maximum atomic E-state index is 5.77. The van der Waals surface area contributed by atoms with E-state index in [4.69, 9.17) is 14.2 Å². The van der Waals surface area contributed by atoms with Crippen molar-refractivity contribution in [3.05, 3.63) is 0 Å². The Morgan fingerprint density at radius 2 is 1.89 bits per heavy atom. The van der Waals surface area contributed by atoms with E-state index in [0.717, 1.165) is 39.4 Å². The maximum Gasteiger partial charge on any atom is 0.0933 e. The average molecular weight is 258 g/mol. The van der Waals surface area contributed by atoms with Crippen LogP contribution in [0.2, 0.25) is 0 Å². The van der Waals surface area contributed by atoms with Crippen molar-refractivity contribution in [2.75, 3.05) is 52.6 Å². The van der Waals surface area contributed by atoms with E-state index >= 15 is 0 Å². The van der Waals surface area contributed by atoms with E-state index in [0.29, 0.717) is 25.4 Å². The van der Waals surface area contributed by atoms with Crippen LogP contribution in [-0.2, 0) is 14.2 Å². The summed E-state index contributed by atoms with van der Waals surface area (Å²) in [5, 5.41) is 3.43. The van der Waals surface area contributed by atoms with Gasteiger partial charge in [0, 0.05) is 32.2 Å². The summed E-state index contributed by atoms with van der Waals surface area (Å²) in [4.78, 5) is 2.47. The predicted octanol–water partition coefficient (Wildman–Crippen LogP) is 0.101. The SMILES string of the molecule is CC(C)N1CCOC(CNCC2COCCO2)C1. The summed E-state index contributed by atoms with van der Waals surface area (Å²) in [5.41, 5.74) is 0. The Bertz CT molecular complexity index is 232. The van der Waals surface area contributed by atoms with E-state index in [1.807, 2.05) is 0 Å². The number of ether oxygens (including phenoxy) is 3. The first-order valence-electron chi connectivity index (χ1n) is 7.01. The van der Waals surface area contributed by atoms with Gasteiger partial charge in [-0.25, -0.2) is 0 Å². The zero-order chi connectivity index (χ0) is 12.8. The summed E-state index contributed by atoms with van der Waals surface area (Å²) in [6.45, 7) is 11.3. The van der Waals surface area contributed by atoms with Gasteiger partial charge in [0.25, 0.3) is 0 Å². The Morgan fingerprint density at radius 3 is 2.61 bits per heavy atom. The molecule has 0 bridgehead atoms. The third-order valence-corrected chi connectivity index (χ3v) is 3.53. The Balaban J connectivity index is 1.60. The Kier molecular flexibility index (Phi) is 5.85. The van der Waals surface area contributed by atoms with E-state index in [2.05, 4.69) is 24.1 Å². The molecular formula is C13H26N2O3. The first-order valence-corrected chi connectivity index (χ1v) is 7.01. The largest absolute Gasteiger partial charge is 0.376 e. The second kappa shape index (κ2) is 7.40. The molecule has 5 heteroatoms. The molecule has 0 aromatic rings.